The fraction of sp³-hybridized carbons (Fsp3) is 0. The van der Waals surface area contributed by atoms with Gasteiger partial charge in [-0.15, -0.1) is 0 Å². The molecule has 3 aromatic rings. The number of halogens is 2. The summed E-state index contributed by atoms with van der Waals surface area (Å²) in [6.07, 6.45) is 0. The van der Waals surface area contributed by atoms with E-state index in [1.807, 2.05) is 12.1 Å². The molecular formula is C16H10Br2N2O3. The minimum Gasteiger partial charge on any atom is -0.422 e. The van der Waals surface area contributed by atoms with E-state index in [9.17, 15) is 9.59 Å². The zero-order chi connectivity index (χ0) is 16.6. The van der Waals surface area contributed by atoms with Crippen molar-refractivity contribution in [3.63, 3.8) is 0 Å². The second-order valence-electron chi connectivity index (χ2n) is 4.77. The van der Waals surface area contributed by atoms with Crippen LogP contribution in [0.25, 0.3) is 22.1 Å². The summed E-state index contributed by atoms with van der Waals surface area (Å²) in [6, 6.07) is 12.2. The first-order valence-corrected chi connectivity index (χ1v) is 8.13. The van der Waals surface area contributed by atoms with E-state index in [4.69, 9.17) is 10.3 Å². The number of benzene rings is 2. The minimum absolute atomic E-state index is 0.260. The van der Waals surface area contributed by atoms with Gasteiger partial charge in [0.1, 0.15) is 5.58 Å². The molecule has 1 heterocycles. The molecule has 0 saturated heterocycles. The van der Waals surface area contributed by atoms with Crippen LogP contribution in [0.2, 0.25) is 0 Å². The van der Waals surface area contributed by atoms with Crippen molar-refractivity contribution in [3.05, 3.63) is 67.4 Å². The predicted octanol–water partition coefficient (Wildman–Crippen LogP) is 3.59. The number of carbonyl (C=O) groups excluding carboxylic acids is 1. The van der Waals surface area contributed by atoms with Crippen molar-refractivity contribution in [1.82, 2.24) is 5.43 Å². The summed E-state index contributed by atoms with van der Waals surface area (Å²) in [5, 5.41) is 0.760. The number of hydrogen-bond donors (Lipinski definition) is 2. The fourth-order valence-electron chi connectivity index (χ4n) is 2.34. The SMILES string of the molecule is NNC(=O)c1cc(Br)cc(Br)c1-c1cc2ccccc2oc1=O. The Labute approximate surface area is 147 Å². The van der Waals surface area contributed by atoms with E-state index >= 15 is 0 Å². The van der Waals surface area contributed by atoms with Crippen molar-refractivity contribution >= 4 is 48.7 Å². The predicted molar refractivity (Wildman–Crippen MR) is 95.0 cm³/mol. The van der Waals surface area contributed by atoms with Crippen LogP contribution in [0, 0.1) is 0 Å². The molecule has 0 unspecified atom stereocenters. The number of hydrazine groups is 1. The molecule has 0 aliphatic carbocycles. The number of fused-ring (bicyclic) bond motifs is 1. The van der Waals surface area contributed by atoms with Crippen molar-refractivity contribution in [2.75, 3.05) is 0 Å². The second-order valence-corrected chi connectivity index (χ2v) is 6.54. The first-order valence-electron chi connectivity index (χ1n) is 6.54. The van der Waals surface area contributed by atoms with Crippen molar-refractivity contribution in [3.8, 4) is 11.1 Å². The molecule has 3 N–H and O–H groups in total. The highest BCUT2D eigenvalue weighted by Crippen LogP contribution is 2.34. The van der Waals surface area contributed by atoms with E-state index in [0.717, 1.165) is 5.39 Å². The van der Waals surface area contributed by atoms with Crippen molar-refractivity contribution < 1.29 is 9.21 Å². The third-order valence-corrected chi connectivity index (χ3v) is 4.42. The smallest absolute Gasteiger partial charge is 0.344 e. The molecule has 0 radical (unpaired) electrons. The van der Waals surface area contributed by atoms with Gasteiger partial charge in [-0.25, -0.2) is 10.6 Å². The Bertz CT molecular complexity index is 983. The molecule has 0 aliphatic heterocycles. The number of rotatable bonds is 2. The van der Waals surface area contributed by atoms with Gasteiger partial charge in [0.15, 0.2) is 0 Å². The molecular weight excluding hydrogens is 428 g/mol. The maximum absolute atomic E-state index is 12.4. The van der Waals surface area contributed by atoms with Gasteiger partial charge in [-0.05, 0) is 24.3 Å². The van der Waals surface area contributed by atoms with E-state index in [1.165, 1.54) is 0 Å². The summed E-state index contributed by atoms with van der Waals surface area (Å²) in [4.78, 5) is 24.4. The van der Waals surface area contributed by atoms with Crippen LogP contribution in [0.1, 0.15) is 10.4 Å². The molecule has 3 rings (SSSR count). The van der Waals surface area contributed by atoms with Crippen LogP contribution < -0.4 is 16.9 Å². The summed E-state index contributed by atoms with van der Waals surface area (Å²) < 4.78 is 6.60. The van der Waals surface area contributed by atoms with E-state index in [2.05, 4.69) is 37.3 Å². The Morgan fingerprint density at radius 3 is 2.61 bits per heavy atom. The van der Waals surface area contributed by atoms with Crippen molar-refractivity contribution in [2.24, 2.45) is 5.84 Å². The highest BCUT2D eigenvalue weighted by molar-refractivity contribution is 9.11. The number of nitrogens with two attached hydrogens (primary N) is 1. The average molecular weight is 438 g/mol. The first-order chi connectivity index (χ1) is 11.0. The van der Waals surface area contributed by atoms with E-state index in [-0.39, 0.29) is 11.1 Å². The molecule has 0 saturated carbocycles. The number of amides is 1. The third kappa shape index (κ3) is 2.95. The molecule has 0 bridgehead atoms. The molecule has 23 heavy (non-hydrogen) atoms. The normalized spacial score (nSPS) is 10.7. The van der Waals surface area contributed by atoms with E-state index < -0.39 is 11.5 Å². The summed E-state index contributed by atoms with van der Waals surface area (Å²) in [7, 11) is 0. The van der Waals surface area contributed by atoms with Gasteiger partial charge in [-0.3, -0.25) is 10.2 Å². The summed E-state index contributed by atoms with van der Waals surface area (Å²) in [5.74, 6) is 4.74. The number of nitrogen functional groups attached to an aromatic ring is 1. The molecule has 5 nitrogen and oxygen atoms in total. The minimum atomic E-state index is -0.530. The molecule has 0 fully saturated rings. The lowest BCUT2D eigenvalue weighted by Crippen LogP contribution is -2.30. The van der Waals surface area contributed by atoms with Crippen LogP contribution >= 0.6 is 31.9 Å². The molecule has 0 atom stereocenters. The topological polar surface area (TPSA) is 85.3 Å². The van der Waals surface area contributed by atoms with Gasteiger partial charge < -0.3 is 4.42 Å². The molecule has 0 aliphatic rings. The summed E-state index contributed by atoms with van der Waals surface area (Å²) in [6.45, 7) is 0. The number of carbonyl (C=O) groups is 1. The third-order valence-electron chi connectivity index (χ3n) is 3.34. The molecule has 1 aromatic heterocycles. The second kappa shape index (κ2) is 6.27. The first kappa shape index (κ1) is 15.9. The largest absolute Gasteiger partial charge is 0.422 e. The quantitative estimate of drug-likeness (QED) is 0.277. The Hall–Kier alpha value is -1.96. The maximum atomic E-state index is 12.4. The maximum Gasteiger partial charge on any atom is 0.344 e. The highest BCUT2D eigenvalue weighted by Gasteiger charge is 2.20. The molecule has 1 amide bonds. The molecule has 0 spiro atoms. The lowest BCUT2D eigenvalue weighted by molar-refractivity contribution is 0.0954. The van der Waals surface area contributed by atoms with Gasteiger partial charge in [-0.2, -0.15) is 0 Å². The Kier molecular flexibility index (Phi) is 4.34. The van der Waals surface area contributed by atoms with Crippen LogP contribution in [-0.2, 0) is 0 Å². The molecule has 116 valence electrons. The van der Waals surface area contributed by atoms with Gasteiger partial charge in [0.05, 0.1) is 11.1 Å². The van der Waals surface area contributed by atoms with Crippen LogP contribution in [0.5, 0.6) is 0 Å². The summed E-state index contributed by atoms with van der Waals surface area (Å²) >= 11 is 6.72. The Balaban J connectivity index is 2.36. The number of hydrogen-bond acceptors (Lipinski definition) is 4. The van der Waals surface area contributed by atoms with Crippen molar-refractivity contribution in [1.29, 1.82) is 0 Å². The van der Waals surface area contributed by atoms with Gasteiger partial charge in [-0.1, -0.05) is 50.1 Å². The fourth-order valence-corrected chi connectivity index (χ4v) is 3.78. The lowest BCUT2D eigenvalue weighted by atomic mass is 9.99. The van der Waals surface area contributed by atoms with Gasteiger partial charge in [0.25, 0.3) is 5.91 Å². The lowest BCUT2D eigenvalue weighted by Gasteiger charge is -2.11. The molecule has 7 heteroatoms. The standard InChI is InChI=1S/C16H10Br2N2O3/c17-9-6-10(15(21)20-19)14(12(18)7-9)11-5-8-3-1-2-4-13(8)23-16(11)22/h1-7H,19H2,(H,20,21). The van der Waals surface area contributed by atoms with Gasteiger partial charge >= 0.3 is 5.63 Å². The van der Waals surface area contributed by atoms with Crippen LogP contribution in [0.15, 0.2) is 60.6 Å². The van der Waals surface area contributed by atoms with E-state index in [1.54, 1.807) is 30.3 Å². The van der Waals surface area contributed by atoms with Crippen LogP contribution in [-0.4, -0.2) is 5.91 Å². The monoisotopic (exact) mass is 436 g/mol. The van der Waals surface area contributed by atoms with Crippen LogP contribution in [0.3, 0.4) is 0 Å². The average Bonchev–Trinajstić information content (AvgIpc) is 2.53. The van der Waals surface area contributed by atoms with E-state index in [0.29, 0.717) is 20.1 Å². The zero-order valence-electron chi connectivity index (χ0n) is 11.6. The summed E-state index contributed by atoms with van der Waals surface area (Å²) in [5.41, 5.74) is 3.01. The number of nitrogens with one attached hydrogen (secondary N) is 1. The Morgan fingerprint density at radius 1 is 1.13 bits per heavy atom. The molecule has 2 aromatic carbocycles. The zero-order valence-corrected chi connectivity index (χ0v) is 14.8. The van der Waals surface area contributed by atoms with Crippen molar-refractivity contribution in [2.45, 2.75) is 0 Å². The van der Waals surface area contributed by atoms with Gasteiger partial charge in [0, 0.05) is 19.9 Å². The number of para-hydroxylation sites is 1. The highest BCUT2D eigenvalue weighted by atomic mass is 79.9. The Morgan fingerprint density at radius 2 is 1.87 bits per heavy atom. The van der Waals surface area contributed by atoms with Gasteiger partial charge in [0.2, 0.25) is 0 Å². The van der Waals surface area contributed by atoms with Crippen LogP contribution in [0.4, 0.5) is 0 Å².